The fraction of sp³-hybridized carbons (Fsp3) is 1.00. The number of nitrogens with one attached hydrogen (secondary N) is 1. The van der Waals surface area contributed by atoms with Crippen molar-refractivity contribution in [2.75, 3.05) is 13.2 Å². The molecule has 2 unspecified atom stereocenters. The highest BCUT2D eigenvalue weighted by Crippen LogP contribution is 2.30. The fourth-order valence-electron chi connectivity index (χ4n) is 3.03. The van der Waals surface area contributed by atoms with E-state index < -0.39 is 0 Å². The average Bonchev–Trinajstić information content (AvgIpc) is 2.31. The van der Waals surface area contributed by atoms with Crippen LogP contribution in [0.25, 0.3) is 0 Å². The van der Waals surface area contributed by atoms with E-state index in [1.54, 1.807) is 0 Å². The first-order chi connectivity index (χ1) is 8.40. The summed E-state index contributed by atoms with van der Waals surface area (Å²) >= 11 is 0. The fourth-order valence-corrected chi connectivity index (χ4v) is 3.03. The molecule has 0 aliphatic heterocycles. The summed E-state index contributed by atoms with van der Waals surface area (Å²) in [7, 11) is 0. The molecule has 0 radical (unpaired) electrons. The maximum atomic E-state index is 6.14. The maximum Gasteiger partial charge on any atom is 0.0728 e. The molecule has 2 rings (SSSR count). The number of hydrogen-bond acceptors (Lipinski definition) is 2. The van der Waals surface area contributed by atoms with Crippen LogP contribution in [0.2, 0.25) is 0 Å². The summed E-state index contributed by atoms with van der Waals surface area (Å²) in [6.45, 7) is 4.38. The minimum absolute atomic E-state index is 0.496. The molecule has 0 aromatic heterocycles. The van der Waals surface area contributed by atoms with Gasteiger partial charge in [-0.1, -0.05) is 39.0 Å². The monoisotopic (exact) mass is 239 g/mol. The van der Waals surface area contributed by atoms with Gasteiger partial charge in [0.15, 0.2) is 0 Å². The van der Waals surface area contributed by atoms with Gasteiger partial charge in [0.2, 0.25) is 0 Å². The van der Waals surface area contributed by atoms with Crippen molar-refractivity contribution < 1.29 is 4.74 Å². The topological polar surface area (TPSA) is 21.3 Å². The summed E-state index contributed by atoms with van der Waals surface area (Å²) in [6, 6.07) is 0.630. The van der Waals surface area contributed by atoms with Gasteiger partial charge in [-0.25, -0.2) is 0 Å². The van der Waals surface area contributed by atoms with E-state index in [0.29, 0.717) is 12.1 Å². The molecule has 0 heterocycles. The summed E-state index contributed by atoms with van der Waals surface area (Å²) < 4.78 is 6.14. The zero-order valence-electron chi connectivity index (χ0n) is 11.4. The van der Waals surface area contributed by atoms with E-state index in [1.807, 2.05) is 0 Å². The minimum Gasteiger partial charge on any atom is -0.377 e. The molecule has 2 atom stereocenters. The Morgan fingerprint density at radius 3 is 2.59 bits per heavy atom. The average molecular weight is 239 g/mol. The molecule has 2 heteroatoms. The van der Waals surface area contributed by atoms with Crippen molar-refractivity contribution in [2.45, 2.75) is 76.9 Å². The van der Waals surface area contributed by atoms with Crippen LogP contribution in [-0.4, -0.2) is 25.3 Å². The summed E-state index contributed by atoms with van der Waals surface area (Å²) in [5, 5.41) is 3.66. The molecule has 0 spiro atoms. The molecule has 2 saturated carbocycles. The van der Waals surface area contributed by atoms with E-state index in [2.05, 4.69) is 12.2 Å². The Bertz CT molecular complexity index is 203. The smallest absolute Gasteiger partial charge is 0.0728 e. The first-order valence-corrected chi connectivity index (χ1v) is 7.75. The number of hydrogen-bond donors (Lipinski definition) is 1. The lowest BCUT2D eigenvalue weighted by atomic mass is 9.83. The zero-order valence-corrected chi connectivity index (χ0v) is 11.4. The van der Waals surface area contributed by atoms with Crippen LogP contribution in [-0.2, 0) is 4.74 Å². The van der Waals surface area contributed by atoms with Crippen LogP contribution in [0.3, 0.4) is 0 Å². The first kappa shape index (κ1) is 13.4. The molecular weight excluding hydrogens is 210 g/mol. The molecule has 2 aliphatic carbocycles. The third-order valence-electron chi connectivity index (χ3n) is 4.44. The van der Waals surface area contributed by atoms with E-state index in [4.69, 9.17) is 4.74 Å². The van der Waals surface area contributed by atoms with Gasteiger partial charge in [-0.3, -0.25) is 0 Å². The van der Waals surface area contributed by atoms with Gasteiger partial charge in [0, 0.05) is 12.6 Å². The quantitative estimate of drug-likeness (QED) is 0.734. The Morgan fingerprint density at radius 1 is 1.06 bits per heavy atom. The molecule has 0 amide bonds. The first-order valence-electron chi connectivity index (χ1n) is 7.75. The summed E-state index contributed by atoms with van der Waals surface area (Å²) in [5.74, 6) is 0.987. The van der Waals surface area contributed by atoms with Gasteiger partial charge in [0.25, 0.3) is 0 Å². The second-order valence-corrected chi connectivity index (χ2v) is 5.84. The van der Waals surface area contributed by atoms with Gasteiger partial charge in [-0.15, -0.1) is 0 Å². The lowest BCUT2D eigenvalue weighted by Gasteiger charge is -2.33. The summed E-state index contributed by atoms with van der Waals surface area (Å²) in [5.41, 5.74) is 0. The Balaban J connectivity index is 1.63. The summed E-state index contributed by atoms with van der Waals surface area (Å²) in [4.78, 5) is 0. The molecule has 0 bridgehead atoms. The Labute approximate surface area is 107 Å². The molecular formula is C15H29NO. The molecule has 2 nitrogen and oxygen atoms in total. The van der Waals surface area contributed by atoms with E-state index >= 15 is 0 Å². The van der Waals surface area contributed by atoms with Crippen LogP contribution in [0.1, 0.15) is 64.7 Å². The second-order valence-electron chi connectivity index (χ2n) is 5.84. The van der Waals surface area contributed by atoms with E-state index in [0.717, 1.165) is 19.1 Å². The van der Waals surface area contributed by atoms with Gasteiger partial charge in [-0.2, -0.15) is 0 Å². The lowest BCUT2D eigenvalue weighted by Crippen LogP contribution is -2.44. The molecule has 1 N–H and O–H groups in total. The second kappa shape index (κ2) is 7.38. The third kappa shape index (κ3) is 4.26. The highest BCUT2D eigenvalue weighted by atomic mass is 16.5. The van der Waals surface area contributed by atoms with Crippen LogP contribution in [0.5, 0.6) is 0 Å². The molecule has 2 aliphatic rings. The third-order valence-corrected chi connectivity index (χ3v) is 4.44. The van der Waals surface area contributed by atoms with Crippen molar-refractivity contribution in [3.63, 3.8) is 0 Å². The highest BCUT2D eigenvalue weighted by Gasteiger charge is 2.25. The zero-order chi connectivity index (χ0) is 11.9. The van der Waals surface area contributed by atoms with Crippen molar-refractivity contribution in [2.24, 2.45) is 5.92 Å². The van der Waals surface area contributed by atoms with Gasteiger partial charge in [-0.05, 0) is 38.1 Å². The number of ether oxygens (including phenoxy) is 1. The lowest BCUT2D eigenvalue weighted by molar-refractivity contribution is -0.00450. The minimum atomic E-state index is 0.496. The van der Waals surface area contributed by atoms with Crippen LogP contribution in [0.4, 0.5) is 0 Å². The SMILES string of the molecule is CCCNC1CCCCC1OCCC1CCC1. The molecule has 0 aromatic carbocycles. The van der Waals surface area contributed by atoms with Gasteiger partial charge in [0.1, 0.15) is 0 Å². The molecule has 2 fully saturated rings. The highest BCUT2D eigenvalue weighted by molar-refractivity contribution is 4.82. The van der Waals surface area contributed by atoms with Crippen molar-refractivity contribution in [3.05, 3.63) is 0 Å². The van der Waals surface area contributed by atoms with E-state index in [9.17, 15) is 0 Å². The van der Waals surface area contributed by atoms with Crippen molar-refractivity contribution >= 4 is 0 Å². The largest absolute Gasteiger partial charge is 0.377 e. The van der Waals surface area contributed by atoms with Crippen LogP contribution in [0.15, 0.2) is 0 Å². The Kier molecular flexibility index (Phi) is 5.79. The molecule has 100 valence electrons. The van der Waals surface area contributed by atoms with Gasteiger partial charge in [0.05, 0.1) is 6.10 Å². The van der Waals surface area contributed by atoms with Crippen molar-refractivity contribution in [3.8, 4) is 0 Å². The van der Waals surface area contributed by atoms with Crippen molar-refractivity contribution in [1.82, 2.24) is 5.32 Å². The van der Waals surface area contributed by atoms with Crippen LogP contribution < -0.4 is 5.32 Å². The van der Waals surface area contributed by atoms with Crippen LogP contribution in [0, 0.1) is 5.92 Å². The standard InChI is InChI=1S/C15H29NO/c1-2-11-16-14-8-3-4-9-15(14)17-12-10-13-6-5-7-13/h13-16H,2-12H2,1H3. The van der Waals surface area contributed by atoms with Crippen LogP contribution >= 0.6 is 0 Å². The predicted octanol–water partition coefficient (Wildman–Crippen LogP) is 3.50. The normalized spacial score (nSPS) is 30.2. The Morgan fingerprint density at radius 2 is 1.88 bits per heavy atom. The van der Waals surface area contributed by atoms with E-state index in [1.165, 1.54) is 57.8 Å². The van der Waals surface area contributed by atoms with Gasteiger partial charge >= 0.3 is 0 Å². The molecule has 17 heavy (non-hydrogen) atoms. The number of rotatable bonds is 7. The summed E-state index contributed by atoms with van der Waals surface area (Å²) in [6.07, 6.45) is 12.7. The van der Waals surface area contributed by atoms with Crippen molar-refractivity contribution in [1.29, 1.82) is 0 Å². The maximum absolute atomic E-state index is 6.14. The predicted molar refractivity (Wildman–Crippen MR) is 72.2 cm³/mol. The molecule has 0 aromatic rings. The molecule has 0 saturated heterocycles. The van der Waals surface area contributed by atoms with Gasteiger partial charge < -0.3 is 10.1 Å². The Hall–Kier alpha value is -0.0800. The van der Waals surface area contributed by atoms with E-state index in [-0.39, 0.29) is 0 Å².